The molecule has 1 amide bonds. The zero-order valence-corrected chi connectivity index (χ0v) is 22.6. The Morgan fingerprint density at radius 1 is 1.05 bits per heavy atom. The number of aromatic nitrogens is 3. The number of methoxy groups -OCH3 is 1. The molecule has 0 atom stereocenters. The lowest BCUT2D eigenvalue weighted by molar-refractivity contribution is 0.0973. The van der Waals surface area contributed by atoms with E-state index in [9.17, 15) is 22.8 Å². The average Bonchev–Trinajstić information content (AvgIpc) is 3.40. The monoisotopic (exact) mass is 552 g/mol. The number of H-pyrrole nitrogens is 1. The third-order valence-electron chi connectivity index (χ3n) is 6.14. The highest BCUT2D eigenvalue weighted by Gasteiger charge is 2.28. The number of nitrogens with one attached hydrogen (secondary N) is 2. The summed E-state index contributed by atoms with van der Waals surface area (Å²) >= 11 is 1.26. The van der Waals surface area contributed by atoms with Gasteiger partial charge in [-0.25, -0.2) is 22.5 Å². The lowest BCUT2D eigenvalue weighted by atomic mass is 10.1. The fourth-order valence-electron chi connectivity index (χ4n) is 4.65. The topological polar surface area (TPSA) is 132 Å². The molecule has 3 heterocycles. The lowest BCUT2D eigenvalue weighted by Crippen LogP contribution is -2.37. The number of carbonyl (C=O) groups is 1. The largest absolute Gasteiger partial charge is 0.497 e. The summed E-state index contributed by atoms with van der Waals surface area (Å²) in [5, 5.41) is 3.99. The number of carbonyl (C=O) groups excluding carboxylic acids is 1. The van der Waals surface area contributed by atoms with Crippen molar-refractivity contribution in [1.29, 1.82) is 0 Å². The summed E-state index contributed by atoms with van der Waals surface area (Å²) in [5.74, 6) is -0.349. The predicted octanol–water partition coefficient (Wildman–Crippen LogP) is 3.06. The van der Waals surface area contributed by atoms with E-state index in [0.29, 0.717) is 22.2 Å². The van der Waals surface area contributed by atoms with E-state index in [4.69, 9.17) is 4.74 Å². The van der Waals surface area contributed by atoms with Gasteiger partial charge in [0.15, 0.2) is 0 Å². The van der Waals surface area contributed by atoms with E-state index in [1.165, 1.54) is 11.3 Å². The van der Waals surface area contributed by atoms with Crippen molar-refractivity contribution in [2.24, 2.45) is 0 Å². The normalized spacial score (nSPS) is 11.8. The summed E-state index contributed by atoms with van der Waals surface area (Å²) in [7, 11) is -2.42. The number of aryl methyl sites for hydroxylation is 2. The van der Waals surface area contributed by atoms with Gasteiger partial charge in [0, 0.05) is 22.7 Å². The number of amides is 1. The molecule has 0 unspecified atom stereocenters. The number of sulfonamides is 1. The first-order valence-corrected chi connectivity index (χ1v) is 14.3. The van der Waals surface area contributed by atoms with E-state index in [-0.39, 0.29) is 23.3 Å². The smallest absolute Gasteiger partial charge is 0.333 e. The Hall–Kier alpha value is -4.16. The molecule has 196 valence electrons. The van der Waals surface area contributed by atoms with Crippen LogP contribution in [0.2, 0.25) is 0 Å². The summed E-state index contributed by atoms with van der Waals surface area (Å²) < 4.78 is 34.2. The molecule has 0 saturated heterocycles. The predicted molar refractivity (Wildman–Crippen MR) is 147 cm³/mol. The minimum Gasteiger partial charge on any atom is -0.497 e. The number of aromatic amines is 1. The number of ether oxygens (including phenoxy) is 1. The highest BCUT2D eigenvalue weighted by molar-refractivity contribution is 7.89. The third-order valence-corrected chi connectivity index (χ3v) is 7.44. The minimum absolute atomic E-state index is 0.00354. The Bertz CT molecular complexity index is 1980. The number of rotatable bonds is 6. The average molecular weight is 553 g/mol. The van der Waals surface area contributed by atoms with Crippen LogP contribution in [0.15, 0.2) is 56.7 Å². The molecule has 0 bridgehead atoms. The molecule has 2 N–H and O–H groups in total. The quantitative estimate of drug-likeness (QED) is 0.333. The Balaban J connectivity index is 1.91. The van der Waals surface area contributed by atoms with Gasteiger partial charge < -0.3 is 14.3 Å². The summed E-state index contributed by atoms with van der Waals surface area (Å²) in [4.78, 5) is 43.1. The van der Waals surface area contributed by atoms with Crippen molar-refractivity contribution in [2.75, 3.05) is 13.4 Å². The maximum Gasteiger partial charge on any atom is 0.333 e. The van der Waals surface area contributed by atoms with Crippen LogP contribution in [0.1, 0.15) is 27.2 Å². The maximum atomic E-state index is 13.6. The first-order chi connectivity index (χ1) is 18.0. The number of fused-ring (bicyclic) bond motifs is 2. The molecule has 5 rings (SSSR count). The zero-order valence-electron chi connectivity index (χ0n) is 21.0. The van der Waals surface area contributed by atoms with Crippen LogP contribution in [0.25, 0.3) is 27.5 Å². The van der Waals surface area contributed by atoms with Gasteiger partial charge in [0.2, 0.25) is 10.0 Å². The van der Waals surface area contributed by atoms with Crippen molar-refractivity contribution in [2.45, 2.75) is 20.4 Å². The first kappa shape index (κ1) is 25.5. The molecule has 0 aliphatic rings. The van der Waals surface area contributed by atoms with E-state index in [1.807, 2.05) is 36.8 Å². The third kappa shape index (κ3) is 4.52. The molecule has 5 aromatic rings. The van der Waals surface area contributed by atoms with Crippen LogP contribution in [0.4, 0.5) is 0 Å². The summed E-state index contributed by atoms with van der Waals surface area (Å²) in [6.07, 6.45) is 0.865. The van der Waals surface area contributed by atoms with Crippen LogP contribution in [0, 0.1) is 13.8 Å². The number of nitrogens with zero attached hydrogens (tertiary/aromatic N) is 2. The van der Waals surface area contributed by atoms with Gasteiger partial charge in [-0.15, -0.1) is 11.3 Å². The highest BCUT2D eigenvalue weighted by atomic mass is 32.2. The Labute approximate surface area is 221 Å². The number of hydrogen-bond acceptors (Lipinski definition) is 7. The molecule has 0 saturated carbocycles. The summed E-state index contributed by atoms with van der Waals surface area (Å²) in [5.41, 5.74) is 1.95. The van der Waals surface area contributed by atoms with Crippen molar-refractivity contribution < 1.29 is 17.9 Å². The van der Waals surface area contributed by atoms with Gasteiger partial charge in [-0.2, -0.15) is 0 Å². The van der Waals surface area contributed by atoms with Crippen LogP contribution >= 0.6 is 11.3 Å². The molecule has 0 aliphatic heterocycles. The van der Waals surface area contributed by atoms with Gasteiger partial charge in [-0.3, -0.25) is 9.59 Å². The lowest BCUT2D eigenvalue weighted by Gasteiger charge is -2.14. The molecule has 12 heteroatoms. The standard InChI is InChI=1S/C26H24N4O6S2/c1-14-5-6-21-18(9-14)22(30-25(32)19-12-37-13-20(19)27-26(30)33)23(24(31)28-38(4,34)35)29(21)11-16-7-15(2)8-17(10-16)36-3/h5-10,12-13H,11H2,1-4H3,(H,27,33)(H,28,31). The SMILES string of the molecule is COc1cc(C)cc(Cn2c(C(=O)NS(C)(=O)=O)c(-n3c(=O)[nH]c4cscc4c3=O)c3cc(C)ccc32)c1. The van der Waals surface area contributed by atoms with Crippen LogP contribution in [-0.4, -0.2) is 41.8 Å². The molecule has 2 aromatic carbocycles. The van der Waals surface area contributed by atoms with Gasteiger partial charge in [0.1, 0.15) is 11.4 Å². The van der Waals surface area contributed by atoms with Gasteiger partial charge in [-0.05, 0) is 49.2 Å². The number of thiophene rings is 1. The highest BCUT2D eigenvalue weighted by Crippen LogP contribution is 2.31. The van der Waals surface area contributed by atoms with E-state index < -0.39 is 27.2 Å². The van der Waals surface area contributed by atoms with Crippen molar-refractivity contribution in [1.82, 2.24) is 18.8 Å². The van der Waals surface area contributed by atoms with E-state index in [2.05, 4.69) is 4.98 Å². The molecule has 0 fully saturated rings. The second-order valence-corrected chi connectivity index (χ2v) is 11.6. The van der Waals surface area contributed by atoms with E-state index in [1.54, 1.807) is 40.6 Å². The number of benzene rings is 2. The van der Waals surface area contributed by atoms with Crippen molar-refractivity contribution >= 4 is 49.1 Å². The fraction of sp³-hybridized carbons (Fsp3) is 0.192. The first-order valence-electron chi connectivity index (χ1n) is 11.5. The van der Waals surface area contributed by atoms with Gasteiger partial charge in [-0.1, -0.05) is 17.7 Å². The molecule has 3 aromatic heterocycles. The van der Waals surface area contributed by atoms with Gasteiger partial charge in [0.05, 0.1) is 35.5 Å². The second kappa shape index (κ2) is 9.30. The molecule has 0 aliphatic carbocycles. The maximum absolute atomic E-state index is 13.6. The Morgan fingerprint density at radius 2 is 1.82 bits per heavy atom. The molecule has 10 nitrogen and oxygen atoms in total. The fourth-order valence-corrected chi connectivity index (χ4v) is 5.84. The Kier molecular flexibility index (Phi) is 6.24. The van der Waals surface area contributed by atoms with Crippen LogP contribution in [0.3, 0.4) is 0 Å². The van der Waals surface area contributed by atoms with Gasteiger partial charge >= 0.3 is 5.69 Å². The molecule has 38 heavy (non-hydrogen) atoms. The molecular formula is C26H24N4O6S2. The van der Waals surface area contributed by atoms with Crippen LogP contribution in [0.5, 0.6) is 5.75 Å². The van der Waals surface area contributed by atoms with E-state index in [0.717, 1.165) is 27.5 Å². The zero-order chi connectivity index (χ0) is 27.4. The summed E-state index contributed by atoms with van der Waals surface area (Å²) in [6.45, 7) is 3.88. The van der Waals surface area contributed by atoms with Crippen molar-refractivity contribution in [3.63, 3.8) is 0 Å². The second-order valence-electron chi connectivity index (χ2n) is 9.14. The number of hydrogen-bond donors (Lipinski definition) is 2. The Morgan fingerprint density at radius 3 is 2.53 bits per heavy atom. The molecule has 0 radical (unpaired) electrons. The molecule has 0 spiro atoms. The minimum atomic E-state index is -3.97. The van der Waals surface area contributed by atoms with Gasteiger partial charge in [0.25, 0.3) is 11.5 Å². The molecular weight excluding hydrogens is 528 g/mol. The van der Waals surface area contributed by atoms with Crippen molar-refractivity contribution in [3.05, 3.63) is 90.4 Å². The van der Waals surface area contributed by atoms with Crippen molar-refractivity contribution in [3.8, 4) is 11.4 Å². The van der Waals surface area contributed by atoms with E-state index >= 15 is 0 Å². The van der Waals surface area contributed by atoms with Crippen LogP contribution in [-0.2, 0) is 16.6 Å². The summed E-state index contributed by atoms with van der Waals surface area (Å²) in [6, 6.07) is 11.0. The van der Waals surface area contributed by atoms with Crippen LogP contribution < -0.4 is 20.7 Å².